The molecule has 0 spiro atoms. The molecule has 1 aliphatic rings. The molecule has 0 saturated heterocycles. The smallest absolute Gasteiger partial charge is 0.303 e. The zero-order valence-electron chi connectivity index (χ0n) is 9.49. The summed E-state index contributed by atoms with van der Waals surface area (Å²) in [5.41, 5.74) is 2.61. The van der Waals surface area contributed by atoms with Gasteiger partial charge in [-0.1, -0.05) is 12.1 Å². The third-order valence-corrected chi connectivity index (χ3v) is 2.81. The molecule has 1 heterocycles. The van der Waals surface area contributed by atoms with Gasteiger partial charge in [0.25, 0.3) is 0 Å². The Hall–Kier alpha value is -2.04. The van der Waals surface area contributed by atoms with Crippen molar-refractivity contribution in [2.45, 2.75) is 25.8 Å². The van der Waals surface area contributed by atoms with Gasteiger partial charge in [-0.3, -0.25) is 9.59 Å². The van der Waals surface area contributed by atoms with E-state index in [0.717, 1.165) is 16.9 Å². The average molecular weight is 234 g/mol. The van der Waals surface area contributed by atoms with E-state index in [1.807, 2.05) is 25.1 Å². The number of aryl methyl sites for hydroxylation is 1. The van der Waals surface area contributed by atoms with Gasteiger partial charge in [0, 0.05) is 6.42 Å². The second-order valence-electron chi connectivity index (χ2n) is 4.12. The molecule has 17 heavy (non-hydrogen) atoms. The van der Waals surface area contributed by atoms with Crippen molar-refractivity contribution in [3.63, 3.8) is 0 Å². The van der Waals surface area contributed by atoms with E-state index in [2.05, 4.69) is 10.6 Å². The molecule has 90 valence electrons. The van der Waals surface area contributed by atoms with Crippen molar-refractivity contribution in [2.75, 3.05) is 10.6 Å². The first-order chi connectivity index (χ1) is 8.08. The number of hydrogen-bond donors (Lipinski definition) is 3. The van der Waals surface area contributed by atoms with Crippen LogP contribution in [0.2, 0.25) is 0 Å². The van der Waals surface area contributed by atoms with Crippen molar-refractivity contribution in [1.29, 1.82) is 0 Å². The average Bonchev–Trinajstić information content (AvgIpc) is 2.28. The first kappa shape index (κ1) is 11.4. The maximum atomic E-state index is 11.8. The molecule has 5 nitrogen and oxygen atoms in total. The Bertz CT molecular complexity index is 471. The summed E-state index contributed by atoms with van der Waals surface area (Å²) in [6.07, 6.45) is 0.265. The number of hydrogen-bond acceptors (Lipinski definition) is 3. The monoisotopic (exact) mass is 234 g/mol. The molecular weight excluding hydrogens is 220 g/mol. The normalized spacial score (nSPS) is 17.9. The summed E-state index contributed by atoms with van der Waals surface area (Å²) in [4.78, 5) is 22.2. The lowest BCUT2D eigenvalue weighted by Gasteiger charge is -2.27. The summed E-state index contributed by atoms with van der Waals surface area (Å²) in [5.74, 6) is -1.07. The molecule has 0 aliphatic carbocycles. The van der Waals surface area contributed by atoms with Crippen LogP contribution in [0.25, 0.3) is 0 Å². The molecule has 1 aromatic rings. The predicted molar refractivity (Wildman–Crippen MR) is 64.1 cm³/mol. The molecule has 3 N–H and O–H groups in total. The van der Waals surface area contributed by atoms with E-state index in [1.165, 1.54) is 0 Å². The van der Waals surface area contributed by atoms with Gasteiger partial charge in [-0.15, -0.1) is 0 Å². The van der Waals surface area contributed by atoms with Crippen LogP contribution in [0.15, 0.2) is 18.2 Å². The van der Waals surface area contributed by atoms with E-state index in [9.17, 15) is 9.59 Å². The number of fused-ring (bicyclic) bond motifs is 1. The maximum Gasteiger partial charge on any atom is 0.303 e. The molecular formula is C12H14N2O3. The molecule has 0 saturated carbocycles. The van der Waals surface area contributed by atoms with Gasteiger partial charge in [-0.05, 0) is 25.0 Å². The number of rotatable bonds is 3. The Morgan fingerprint density at radius 2 is 2.24 bits per heavy atom. The Morgan fingerprint density at radius 1 is 1.47 bits per heavy atom. The van der Waals surface area contributed by atoms with Crippen molar-refractivity contribution in [2.24, 2.45) is 0 Å². The molecule has 1 amide bonds. The topological polar surface area (TPSA) is 78.4 Å². The van der Waals surface area contributed by atoms with Crippen LogP contribution >= 0.6 is 0 Å². The lowest BCUT2D eigenvalue weighted by atomic mass is 10.0. The zero-order valence-corrected chi connectivity index (χ0v) is 9.49. The number of anilines is 2. The summed E-state index contributed by atoms with van der Waals surface area (Å²) >= 11 is 0. The third-order valence-electron chi connectivity index (χ3n) is 2.81. The number of carboxylic acid groups (broad SMARTS) is 1. The first-order valence-corrected chi connectivity index (χ1v) is 5.47. The number of benzene rings is 1. The van der Waals surface area contributed by atoms with Crippen LogP contribution in [-0.2, 0) is 9.59 Å². The van der Waals surface area contributed by atoms with E-state index in [0.29, 0.717) is 0 Å². The lowest BCUT2D eigenvalue weighted by Crippen LogP contribution is -2.39. The van der Waals surface area contributed by atoms with Gasteiger partial charge in [-0.2, -0.15) is 0 Å². The number of nitrogens with one attached hydrogen (secondary N) is 2. The van der Waals surface area contributed by atoms with Crippen LogP contribution in [0, 0.1) is 6.92 Å². The Labute approximate surface area is 98.8 Å². The molecule has 2 rings (SSSR count). The standard InChI is InChI=1S/C12H14N2O3/c1-7-3-2-4-8-11(7)14-12(17)9(13-8)5-6-10(15)16/h2-4,9,13H,5-6H2,1H3,(H,14,17)(H,15,16). The number of amides is 1. The highest BCUT2D eigenvalue weighted by Crippen LogP contribution is 2.30. The van der Waals surface area contributed by atoms with E-state index in [1.54, 1.807) is 0 Å². The SMILES string of the molecule is Cc1cccc2c1NC(=O)C(CCC(=O)O)N2. The molecule has 0 aromatic heterocycles. The van der Waals surface area contributed by atoms with Crippen LogP contribution in [0.1, 0.15) is 18.4 Å². The fourth-order valence-electron chi connectivity index (χ4n) is 1.89. The number of para-hydroxylation sites is 1. The minimum Gasteiger partial charge on any atom is -0.481 e. The van der Waals surface area contributed by atoms with Gasteiger partial charge in [0.05, 0.1) is 11.4 Å². The third kappa shape index (κ3) is 2.38. The Kier molecular flexibility index (Phi) is 2.99. The van der Waals surface area contributed by atoms with Gasteiger partial charge in [0.15, 0.2) is 0 Å². The van der Waals surface area contributed by atoms with Crippen LogP contribution in [-0.4, -0.2) is 23.0 Å². The van der Waals surface area contributed by atoms with Crippen LogP contribution in [0.4, 0.5) is 11.4 Å². The number of carboxylic acids is 1. The summed E-state index contributed by atoms with van der Waals surface area (Å²) in [5, 5.41) is 14.5. The minimum atomic E-state index is -0.894. The molecule has 1 aromatic carbocycles. The molecule has 0 radical (unpaired) electrons. The van der Waals surface area contributed by atoms with Crippen molar-refractivity contribution < 1.29 is 14.7 Å². The van der Waals surface area contributed by atoms with Gasteiger partial charge in [0.1, 0.15) is 6.04 Å². The molecule has 5 heteroatoms. The molecule has 1 unspecified atom stereocenters. The second kappa shape index (κ2) is 4.45. The zero-order chi connectivity index (χ0) is 12.4. The second-order valence-corrected chi connectivity index (χ2v) is 4.12. The first-order valence-electron chi connectivity index (χ1n) is 5.47. The van der Waals surface area contributed by atoms with Crippen molar-refractivity contribution >= 4 is 23.3 Å². The summed E-state index contributed by atoms with van der Waals surface area (Å²) in [6.45, 7) is 1.92. The molecule has 1 aliphatic heterocycles. The quantitative estimate of drug-likeness (QED) is 0.742. The highest BCUT2D eigenvalue weighted by molar-refractivity contribution is 6.03. The van der Waals surface area contributed by atoms with Crippen molar-refractivity contribution in [3.05, 3.63) is 23.8 Å². The number of carbonyl (C=O) groups is 2. The predicted octanol–water partition coefficient (Wildman–Crippen LogP) is 1.59. The van der Waals surface area contributed by atoms with E-state index < -0.39 is 12.0 Å². The lowest BCUT2D eigenvalue weighted by molar-refractivity contribution is -0.137. The van der Waals surface area contributed by atoms with Crippen molar-refractivity contribution in [3.8, 4) is 0 Å². The number of carbonyl (C=O) groups excluding carboxylic acids is 1. The van der Waals surface area contributed by atoms with Crippen LogP contribution < -0.4 is 10.6 Å². The van der Waals surface area contributed by atoms with Gasteiger partial charge < -0.3 is 15.7 Å². The van der Waals surface area contributed by atoms with E-state index in [-0.39, 0.29) is 18.7 Å². The summed E-state index contributed by atoms with van der Waals surface area (Å²) < 4.78 is 0. The highest BCUT2D eigenvalue weighted by atomic mass is 16.4. The van der Waals surface area contributed by atoms with E-state index >= 15 is 0 Å². The van der Waals surface area contributed by atoms with Gasteiger partial charge >= 0.3 is 5.97 Å². The van der Waals surface area contributed by atoms with Gasteiger partial charge in [-0.25, -0.2) is 0 Å². The maximum absolute atomic E-state index is 11.8. The number of aliphatic carboxylic acids is 1. The Balaban J connectivity index is 2.16. The largest absolute Gasteiger partial charge is 0.481 e. The molecule has 0 fully saturated rings. The van der Waals surface area contributed by atoms with E-state index in [4.69, 9.17) is 5.11 Å². The Morgan fingerprint density at radius 3 is 2.94 bits per heavy atom. The fraction of sp³-hybridized carbons (Fsp3) is 0.333. The molecule has 1 atom stereocenters. The summed E-state index contributed by atoms with van der Waals surface area (Å²) in [7, 11) is 0. The van der Waals surface area contributed by atoms with Gasteiger partial charge in [0.2, 0.25) is 5.91 Å². The summed E-state index contributed by atoms with van der Waals surface area (Å²) in [6, 6.07) is 5.21. The van der Waals surface area contributed by atoms with Crippen LogP contribution in [0.5, 0.6) is 0 Å². The van der Waals surface area contributed by atoms with Crippen LogP contribution in [0.3, 0.4) is 0 Å². The van der Waals surface area contributed by atoms with Crippen molar-refractivity contribution in [1.82, 2.24) is 0 Å². The molecule has 0 bridgehead atoms. The fourth-order valence-corrected chi connectivity index (χ4v) is 1.89. The minimum absolute atomic E-state index is 0.0216. The highest BCUT2D eigenvalue weighted by Gasteiger charge is 2.26.